The zero-order chi connectivity index (χ0) is 13.2. The van der Waals surface area contributed by atoms with Crippen molar-refractivity contribution < 1.29 is 9.53 Å². The lowest BCUT2D eigenvalue weighted by Crippen LogP contribution is -2.11. The van der Waals surface area contributed by atoms with E-state index in [1.807, 2.05) is 30.3 Å². The summed E-state index contributed by atoms with van der Waals surface area (Å²) in [6.07, 6.45) is 3.44. The molecule has 0 unspecified atom stereocenters. The molecule has 3 nitrogen and oxygen atoms in total. The van der Waals surface area contributed by atoms with Crippen molar-refractivity contribution in [1.82, 2.24) is 0 Å². The van der Waals surface area contributed by atoms with Gasteiger partial charge in [-0.2, -0.15) is 0 Å². The summed E-state index contributed by atoms with van der Waals surface area (Å²) in [5.74, 6) is 0.629. The van der Waals surface area contributed by atoms with Gasteiger partial charge in [0.25, 0.3) is 5.91 Å². The van der Waals surface area contributed by atoms with Crippen molar-refractivity contribution in [2.24, 2.45) is 0 Å². The predicted octanol–water partition coefficient (Wildman–Crippen LogP) is 3.50. The number of carbonyl (C=O) groups is 1. The van der Waals surface area contributed by atoms with Gasteiger partial charge in [-0.1, -0.05) is 12.1 Å². The molecule has 0 atom stereocenters. The number of anilines is 1. The third-order valence-corrected chi connectivity index (χ3v) is 4.56. The number of hydrogen-bond acceptors (Lipinski definition) is 3. The Morgan fingerprint density at radius 2 is 2.16 bits per heavy atom. The molecule has 98 valence electrons. The lowest BCUT2D eigenvalue weighted by atomic mass is 10.2. The highest BCUT2D eigenvalue weighted by molar-refractivity contribution is 7.14. The minimum atomic E-state index is -0.0519. The molecule has 1 aromatic heterocycles. The van der Waals surface area contributed by atoms with Crippen molar-refractivity contribution >= 4 is 22.9 Å². The Balaban J connectivity index is 1.80. The minimum absolute atomic E-state index is 0.0519. The first kappa shape index (κ1) is 12.2. The monoisotopic (exact) mass is 273 g/mol. The first-order valence-electron chi connectivity index (χ1n) is 6.34. The van der Waals surface area contributed by atoms with Crippen molar-refractivity contribution in [3.63, 3.8) is 0 Å². The van der Waals surface area contributed by atoms with Gasteiger partial charge >= 0.3 is 0 Å². The average Bonchev–Trinajstić information content (AvgIpc) is 3.00. The third kappa shape index (κ3) is 2.36. The predicted molar refractivity (Wildman–Crippen MR) is 77.3 cm³/mol. The van der Waals surface area contributed by atoms with Gasteiger partial charge in [0, 0.05) is 4.88 Å². The van der Waals surface area contributed by atoms with Gasteiger partial charge in [0.1, 0.15) is 5.75 Å². The van der Waals surface area contributed by atoms with Crippen molar-refractivity contribution in [1.29, 1.82) is 0 Å². The van der Waals surface area contributed by atoms with Crippen LogP contribution in [-0.2, 0) is 12.8 Å². The standard InChI is InChI=1S/C15H15NO2S/c1-18-12-7-3-2-6-11(12)16-15(17)14-9-10-5-4-8-13(10)19-14/h2-3,6-7,9H,4-5,8H2,1H3,(H,16,17). The van der Waals surface area contributed by atoms with E-state index in [1.54, 1.807) is 18.4 Å². The summed E-state index contributed by atoms with van der Waals surface area (Å²) in [7, 11) is 1.60. The van der Waals surface area contributed by atoms with Gasteiger partial charge in [-0.3, -0.25) is 4.79 Å². The Morgan fingerprint density at radius 1 is 1.32 bits per heavy atom. The lowest BCUT2D eigenvalue weighted by molar-refractivity contribution is 0.103. The molecule has 1 amide bonds. The van der Waals surface area contributed by atoms with E-state index in [2.05, 4.69) is 5.32 Å². The van der Waals surface area contributed by atoms with Crippen LogP contribution in [-0.4, -0.2) is 13.0 Å². The molecule has 0 saturated carbocycles. The van der Waals surface area contributed by atoms with Crippen LogP contribution in [0.2, 0.25) is 0 Å². The molecule has 1 aliphatic carbocycles. The number of thiophene rings is 1. The van der Waals surface area contributed by atoms with Crippen molar-refractivity contribution in [2.45, 2.75) is 19.3 Å². The number of ether oxygens (including phenoxy) is 1. The second-order valence-electron chi connectivity index (χ2n) is 4.57. The van der Waals surface area contributed by atoms with Crippen LogP contribution in [0.15, 0.2) is 30.3 Å². The van der Waals surface area contributed by atoms with Gasteiger partial charge in [-0.15, -0.1) is 11.3 Å². The summed E-state index contributed by atoms with van der Waals surface area (Å²) in [4.78, 5) is 14.4. The summed E-state index contributed by atoms with van der Waals surface area (Å²) < 4.78 is 5.23. The number of para-hydroxylation sites is 2. The first-order valence-corrected chi connectivity index (χ1v) is 7.15. The van der Waals surface area contributed by atoms with E-state index in [-0.39, 0.29) is 5.91 Å². The van der Waals surface area contributed by atoms with Crippen LogP contribution in [0, 0.1) is 0 Å². The molecule has 19 heavy (non-hydrogen) atoms. The Labute approximate surface area is 116 Å². The maximum absolute atomic E-state index is 12.2. The SMILES string of the molecule is COc1ccccc1NC(=O)c1cc2c(s1)CCC2. The van der Waals surface area contributed by atoms with Crippen LogP contribution in [0.25, 0.3) is 0 Å². The quantitative estimate of drug-likeness (QED) is 0.929. The van der Waals surface area contributed by atoms with Gasteiger partial charge in [-0.25, -0.2) is 0 Å². The molecule has 0 fully saturated rings. The second kappa shape index (κ2) is 5.05. The Morgan fingerprint density at radius 3 is 2.95 bits per heavy atom. The third-order valence-electron chi connectivity index (χ3n) is 3.33. The number of hydrogen-bond donors (Lipinski definition) is 1. The van der Waals surface area contributed by atoms with Gasteiger partial charge in [0.05, 0.1) is 17.7 Å². The molecular formula is C15H15NO2S. The molecular weight excluding hydrogens is 258 g/mol. The second-order valence-corrected chi connectivity index (χ2v) is 5.70. The molecule has 1 heterocycles. The van der Waals surface area contributed by atoms with E-state index in [4.69, 9.17) is 4.74 Å². The highest BCUT2D eigenvalue weighted by Gasteiger charge is 2.19. The van der Waals surface area contributed by atoms with E-state index in [1.165, 1.54) is 16.9 Å². The fourth-order valence-electron chi connectivity index (χ4n) is 2.37. The maximum Gasteiger partial charge on any atom is 0.265 e. The van der Waals surface area contributed by atoms with E-state index in [0.717, 1.165) is 17.7 Å². The first-order chi connectivity index (χ1) is 9.28. The van der Waals surface area contributed by atoms with Crippen LogP contribution in [0.5, 0.6) is 5.75 Å². The molecule has 1 aromatic carbocycles. The highest BCUT2D eigenvalue weighted by atomic mass is 32.1. The maximum atomic E-state index is 12.2. The fourth-order valence-corrected chi connectivity index (χ4v) is 3.52. The van der Waals surface area contributed by atoms with E-state index in [9.17, 15) is 4.79 Å². The highest BCUT2D eigenvalue weighted by Crippen LogP contribution is 2.31. The topological polar surface area (TPSA) is 38.3 Å². The summed E-state index contributed by atoms with van der Waals surface area (Å²) in [5, 5.41) is 2.91. The largest absolute Gasteiger partial charge is 0.495 e. The summed E-state index contributed by atoms with van der Waals surface area (Å²) in [6, 6.07) is 9.47. The van der Waals surface area contributed by atoms with Crippen LogP contribution in [0.1, 0.15) is 26.5 Å². The van der Waals surface area contributed by atoms with Crippen molar-refractivity contribution in [2.75, 3.05) is 12.4 Å². The van der Waals surface area contributed by atoms with Gasteiger partial charge in [0.2, 0.25) is 0 Å². The molecule has 4 heteroatoms. The van der Waals surface area contributed by atoms with E-state index < -0.39 is 0 Å². The number of benzene rings is 1. The van der Waals surface area contributed by atoms with Crippen LogP contribution in [0.3, 0.4) is 0 Å². The molecule has 0 spiro atoms. The number of amides is 1. The van der Waals surface area contributed by atoms with Crippen LogP contribution < -0.4 is 10.1 Å². The average molecular weight is 273 g/mol. The number of methoxy groups -OCH3 is 1. The minimum Gasteiger partial charge on any atom is -0.495 e. The van der Waals surface area contributed by atoms with Crippen molar-refractivity contribution in [3.05, 3.63) is 45.6 Å². The Bertz CT molecular complexity index is 597. The fraction of sp³-hybridized carbons (Fsp3) is 0.267. The normalized spacial score (nSPS) is 13.1. The van der Waals surface area contributed by atoms with Crippen molar-refractivity contribution in [3.8, 4) is 5.75 Å². The summed E-state index contributed by atoms with van der Waals surface area (Å²) in [5.41, 5.74) is 2.05. The summed E-state index contributed by atoms with van der Waals surface area (Å²) in [6.45, 7) is 0. The molecule has 1 N–H and O–H groups in total. The molecule has 3 rings (SSSR count). The van der Waals surface area contributed by atoms with Crippen LogP contribution in [0.4, 0.5) is 5.69 Å². The zero-order valence-electron chi connectivity index (χ0n) is 10.7. The molecule has 0 saturated heterocycles. The Kier molecular flexibility index (Phi) is 3.25. The van der Waals surface area contributed by atoms with Gasteiger partial charge in [-0.05, 0) is 43.0 Å². The molecule has 0 radical (unpaired) electrons. The van der Waals surface area contributed by atoms with E-state index in [0.29, 0.717) is 11.4 Å². The van der Waals surface area contributed by atoms with E-state index >= 15 is 0 Å². The molecule has 0 aliphatic heterocycles. The zero-order valence-corrected chi connectivity index (χ0v) is 11.5. The molecule has 1 aliphatic rings. The van der Waals surface area contributed by atoms with Gasteiger partial charge in [0.15, 0.2) is 0 Å². The molecule has 0 bridgehead atoms. The smallest absolute Gasteiger partial charge is 0.265 e. The summed E-state index contributed by atoms with van der Waals surface area (Å²) >= 11 is 1.61. The molecule has 2 aromatic rings. The number of rotatable bonds is 3. The number of carbonyl (C=O) groups excluding carboxylic acids is 1. The lowest BCUT2D eigenvalue weighted by Gasteiger charge is -2.08. The van der Waals surface area contributed by atoms with Gasteiger partial charge < -0.3 is 10.1 Å². The number of aryl methyl sites for hydroxylation is 2. The number of fused-ring (bicyclic) bond motifs is 1. The van der Waals surface area contributed by atoms with Crippen LogP contribution >= 0.6 is 11.3 Å². The number of nitrogens with one attached hydrogen (secondary N) is 1. The Hall–Kier alpha value is -1.81.